The molecule has 1 heterocycles. The van der Waals surface area contributed by atoms with Crippen molar-refractivity contribution in [1.29, 1.82) is 0 Å². The first-order valence-electron chi connectivity index (χ1n) is 6.80. The van der Waals surface area contributed by atoms with Crippen LogP contribution in [0.1, 0.15) is 20.3 Å². The molecule has 5 nitrogen and oxygen atoms in total. The van der Waals surface area contributed by atoms with Gasteiger partial charge in [0, 0.05) is 44.1 Å². The van der Waals surface area contributed by atoms with Crippen molar-refractivity contribution in [3.8, 4) is 0 Å². The summed E-state index contributed by atoms with van der Waals surface area (Å²) >= 11 is 1.87. The van der Waals surface area contributed by atoms with E-state index in [0.29, 0.717) is 18.9 Å². The third kappa shape index (κ3) is 6.82. The van der Waals surface area contributed by atoms with Crippen LogP contribution in [0, 0.1) is 5.92 Å². The van der Waals surface area contributed by atoms with Crippen LogP contribution in [0.2, 0.25) is 0 Å². The lowest BCUT2D eigenvalue weighted by atomic mass is 10.2. The Bertz CT molecular complexity index is 304. The van der Waals surface area contributed by atoms with E-state index in [9.17, 15) is 9.59 Å². The molecule has 2 amide bonds. The zero-order valence-electron chi connectivity index (χ0n) is 12.1. The van der Waals surface area contributed by atoms with Gasteiger partial charge in [0.25, 0.3) is 0 Å². The van der Waals surface area contributed by atoms with Crippen LogP contribution in [0.3, 0.4) is 0 Å². The Kier molecular flexibility index (Phi) is 7.23. The summed E-state index contributed by atoms with van der Waals surface area (Å²) in [6.07, 6.45) is 0.473. The molecule has 0 aromatic heterocycles. The highest BCUT2D eigenvalue weighted by Crippen LogP contribution is 2.11. The molecule has 0 aliphatic carbocycles. The SMILES string of the molecule is CC(C)CNC(=O)CN(C)C(=O)CC1CSCCN1. The molecule has 0 radical (unpaired) electrons. The lowest BCUT2D eigenvalue weighted by Gasteiger charge is -2.25. The molecule has 0 aromatic rings. The zero-order chi connectivity index (χ0) is 14.3. The molecule has 0 spiro atoms. The maximum absolute atomic E-state index is 12.0. The van der Waals surface area contributed by atoms with Crippen LogP contribution >= 0.6 is 11.8 Å². The highest BCUT2D eigenvalue weighted by atomic mass is 32.2. The van der Waals surface area contributed by atoms with Gasteiger partial charge in [-0.1, -0.05) is 13.8 Å². The fourth-order valence-electron chi connectivity index (χ4n) is 1.79. The van der Waals surface area contributed by atoms with Crippen LogP contribution in [-0.4, -0.2) is 60.9 Å². The van der Waals surface area contributed by atoms with Crippen LogP contribution in [0.4, 0.5) is 0 Å². The highest BCUT2D eigenvalue weighted by molar-refractivity contribution is 7.99. The van der Waals surface area contributed by atoms with Crippen molar-refractivity contribution < 1.29 is 9.59 Å². The van der Waals surface area contributed by atoms with E-state index in [1.54, 1.807) is 7.05 Å². The summed E-state index contributed by atoms with van der Waals surface area (Å²) in [5.41, 5.74) is 0. The molecule has 0 aromatic carbocycles. The van der Waals surface area contributed by atoms with Gasteiger partial charge in [-0.3, -0.25) is 9.59 Å². The van der Waals surface area contributed by atoms with Gasteiger partial charge in [0.15, 0.2) is 0 Å². The average molecular weight is 287 g/mol. The maximum atomic E-state index is 12.0. The monoisotopic (exact) mass is 287 g/mol. The molecule has 0 bridgehead atoms. The summed E-state index contributed by atoms with van der Waals surface area (Å²) < 4.78 is 0. The molecule has 2 N–H and O–H groups in total. The van der Waals surface area contributed by atoms with Gasteiger partial charge in [-0.25, -0.2) is 0 Å². The van der Waals surface area contributed by atoms with E-state index in [0.717, 1.165) is 18.1 Å². The molecule has 6 heteroatoms. The minimum Gasteiger partial charge on any atom is -0.354 e. The molecule has 1 saturated heterocycles. The number of rotatable bonds is 6. The van der Waals surface area contributed by atoms with Crippen molar-refractivity contribution in [3.05, 3.63) is 0 Å². The van der Waals surface area contributed by atoms with Gasteiger partial charge in [0.2, 0.25) is 11.8 Å². The quantitative estimate of drug-likeness (QED) is 0.738. The maximum Gasteiger partial charge on any atom is 0.239 e. The van der Waals surface area contributed by atoms with Crippen molar-refractivity contribution in [3.63, 3.8) is 0 Å². The minimum atomic E-state index is -0.0875. The fraction of sp³-hybridized carbons (Fsp3) is 0.846. The summed E-state index contributed by atoms with van der Waals surface area (Å²) in [5.74, 6) is 2.45. The van der Waals surface area contributed by atoms with Gasteiger partial charge in [-0.05, 0) is 5.92 Å². The number of hydrogen-bond acceptors (Lipinski definition) is 4. The Hall–Kier alpha value is -0.750. The summed E-state index contributed by atoms with van der Waals surface area (Å²) in [7, 11) is 1.69. The number of nitrogens with one attached hydrogen (secondary N) is 2. The predicted molar refractivity (Wildman–Crippen MR) is 79.2 cm³/mol. The van der Waals surface area contributed by atoms with Gasteiger partial charge in [-0.2, -0.15) is 11.8 Å². The number of thioether (sulfide) groups is 1. The van der Waals surface area contributed by atoms with Crippen molar-refractivity contribution in [2.45, 2.75) is 26.3 Å². The number of carbonyl (C=O) groups excluding carboxylic acids is 2. The number of amides is 2. The second-order valence-corrected chi connectivity index (χ2v) is 6.53. The summed E-state index contributed by atoms with van der Waals surface area (Å²) in [6.45, 7) is 5.84. The second-order valence-electron chi connectivity index (χ2n) is 5.38. The van der Waals surface area contributed by atoms with E-state index in [4.69, 9.17) is 0 Å². The van der Waals surface area contributed by atoms with Gasteiger partial charge in [0.1, 0.15) is 0 Å². The largest absolute Gasteiger partial charge is 0.354 e. The van der Waals surface area contributed by atoms with Gasteiger partial charge >= 0.3 is 0 Å². The molecule has 1 unspecified atom stereocenters. The molecule has 19 heavy (non-hydrogen) atoms. The Morgan fingerprint density at radius 2 is 2.21 bits per heavy atom. The van der Waals surface area contributed by atoms with E-state index < -0.39 is 0 Å². The Labute approximate surface area is 119 Å². The number of nitrogens with zero attached hydrogens (tertiary/aromatic N) is 1. The first-order valence-corrected chi connectivity index (χ1v) is 7.96. The molecule has 1 aliphatic rings. The van der Waals surface area contributed by atoms with Crippen molar-refractivity contribution >= 4 is 23.6 Å². The Balaban J connectivity index is 2.25. The zero-order valence-corrected chi connectivity index (χ0v) is 12.9. The standard InChI is InChI=1S/C13H25N3O2S/c1-10(2)7-15-12(17)8-16(3)13(18)6-11-9-19-5-4-14-11/h10-11,14H,4-9H2,1-3H3,(H,15,17). The van der Waals surface area contributed by atoms with Crippen LogP contribution in [0.25, 0.3) is 0 Å². The molecule has 1 aliphatic heterocycles. The minimum absolute atomic E-state index is 0.0275. The third-order valence-electron chi connectivity index (χ3n) is 2.93. The number of carbonyl (C=O) groups is 2. The van der Waals surface area contributed by atoms with Crippen LogP contribution < -0.4 is 10.6 Å². The third-order valence-corrected chi connectivity index (χ3v) is 4.06. The van der Waals surface area contributed by atoms with Gasteiger partial charge < -0.3 is 15.5 Å². The van der Waals surface area contributed by atoms with E-state index in [-0.39, 0.29) is 24.4 Å². The Morgan fingerprint density at radius 1 is 1.47 bits per heavy atom. The molecule has 1 fully saturated rings. The van der Waals surface area contributed by atoms with Crippen molar-refractivity contribution in [2.75, 3.05) is 38.2 Å². The van der Waals surface area contributed by atoms with Gasteiger partial charge in [0.05, 0.1) is 6.54 Å². The molecule has 1 rings (SSSR count). The van der Waals surface area contributed by atoms with E-state index in [1.807, 2.05) is 25.6 Å². The lowest BCUT2D eigenvalue weighted by Crippen LogP contribution is -2.44. The smallest absolute Gasteiger partial charge is 0.239 e. The first-order chi connectivity index (χ1) is 8.99. The van der Waals surface area contributed by atoms with E-state index in [2.05, 4.69) is 10.6 Å². The molecule has 110 valence electrons. The average Bonchev–Trinajstić information content (AvgIpc) is 2.37. The summed E-state index contributed by atoms with van der Waals surface area (Å²) in [4.78, 5) is 25.1. The highest BCUT2D eigenvalue weighted by Gasteiger charge is 2.20. The predicted octanol–water partition coefficient (Wildman–Crippen LogP) is 0.312. The topological polar surface area (TPSA) is 61.4 Å². The van der Waals surface area contributed by atoms with Crippen LogP contribution in [0.15, 0.2) is 0 Å². The van der Waals surface area contributed by atoms with Gasteiger partial charge in [-0.15, -0.1) is 0 Å². The van der Waals surface area contributed by atoms with Crippen molar-refractivity contribution in [1.82, 2.24) is 15.5 Å². The normalized spacial score (nSPS) is 19.3. The molecular weight excluding hydrogens is 262 g/mol. The fourth-order valence-corrected chi connectivity index (χ4v) is 2.74. The molecule has 1 atom stereocenters. The van der Waals surface area contributed by atoms with Crippen LogP contribution in [-0.2, 0) is 9.59 Å². The Morgan fingerprint density at radius 3 is 2.79 bits per heavy atom. The summed E-state index contributed by atoms with van der Waals surface area (Å²) in [6, 6.07) is 0.243. The molecular formula is C13H25N3O2S. The van der Waals surface area contributed by atoms with E-state index >= 15 is 0 Å². The number of likely N-dealkylation sites (N-methyl/N-ethyl adjacent to an activating group) is 1. The summed E-state index contributed by atoms with van der Waals surface area (Å²) in [5, 5.41) is 6.15. The van der Waals surface area contributed by atoms with Crippen molar-refractivity contribution in [2.24, 2.45) is 5.92 Å². The second kappa shape index (κ2) is 8.43. The lowest BCUT2D eigenvalue weighted by molar-refractivity contribution is -0.135. The van der Waals surface area contributed by atoms with Crippen LogP contribution in [0.5, 0.6) is 0 Å². The molecule has 0 saturated carbocycles. The number of hydrogen-bond donors (Lipinski definition) is 2. The first kappa shape index (κ1) is 16.3. The van der Waals surface area contributed by atoms with E-state index in [1.165, 1.54) is 4.90 Å².